The van der Waals surface area contributed by atoms with E-state index in [4.69, 9.17) is 0 Å². The van der Waals surface area contributed by atoms with E-state index < -0.39 is 0 Å². The molecular formula is C13H21N5. The monoisotopic (exact) mass is 247 g/mol. The van der Waals surface area contributed by atoms with E-state index in [0.29, 0.717) is 0 Å². The second-order valence-electron chi connectivity index (χ2n) is 4.35. The van der Waals surface area contributed by atoms with E-state index in [1.54, 1.807) is 0 Å². The maximum absolute atomic E-state index is 4.50. The van der Waals surface area contributed by atoms with E-state index in [1.807, 2.05) is 31.2 Å². The van der Waals surface area contributed by atoms with Gasteiger partial charge in [0.15, 0.2) is 0 Å². The molecule has 2 aromatic heterocycles. The van der Waals surface area contributed by atoms with Crippen LogP contribution in [-0.2, 0) is 20.0 Å². The van der Waals surface area contributed by atoms with Gasteiger partial charge in [-0.3, -0.25) is 4.68 Å². The highest BCUT2D eigenvalue weighted by Crippen LogP contribution is 2.23. The quantitative estimate of drug-likeness (QED) is 0.871. The number of aryl methyl sites for hydroxylation is 3. The molecule has 0 saturated carbocycles. The van der Waals surface area contributed by atoms with Gasteiger partial charge in [-0.15, -0.1) is 0 Å². The molecule has 0 aliphatic rings. The molecule has 0 aliphatic carbocycles. The third kappa shape index (κ3) is 2.18. The van der Waals surface area contributed by atoms with E-state index in [9.17, 15) is 0 Å². The Morgan fingerprint density at radius 1 is 1.39 bits per heavy atom. The van der Waals surface area contributed by atoms with E-state index >= 15 is 0 Å². The largest absolute Gasteiger partial charge is 0.334 e. The summed E-state index contributed by atoms with van der Waals surface area (Å²) in [5.41, 5.74) is 2.34. The van der Waals surface area contributed by atoms with Crippen LogP contribution in [0.25, 0.3) is 0 Å². The Kier molecular flexibility index (Phi) is 3.81. The zero-order valence-corrected chi connectivity index (χ0v) is 11.5. The first-order valence-electron chi connectivity index (χ1n) is 6.41. The van der Waals surface area contributed by atoms with Crippen LogP contribution in [-0.4, -0.2) is 26.4 Å². The molecule has 2 heterocycles. The highest BCUT2D eigenvalue weighted by atomic mass is 15.3. The minimum Gasteiger partial charge on any atom is -0.334 e. The summed E-state index contributed by atoms with van der Waals surface area (Å²) < 4.78 is 4.03. The summed E-state index contributed by atoms with van der Waals surface area (Å²) in [4.78, 5) is 4.48. The van der Waals surface area contributed by atoms with Gasteiger partial charge in [0.25, 0.3) is 0 Å². The topological polar surface area (TPSA) is 47.7 Å². The zero-order chi connectivity index (χ0) is 13.1. The molecular weight excluding hydrogens is 226 g/mol. The van der Waals surface area contributed by atoms with Crippen molar-refractivity contribution in [2.45, 2.75) is 32.9 Å². The van der Waals surface area contributed by atoms with Gasteiger partial charge in [0.05, 0.1) is 11.7 Å². The maximum Gasteiger partial charge on any atom is 0.130 e. The summed E-state index contributed by atoms with van der Waals surface area (Å²) >= 11 is 0. The third-order valence-corrected chi connectivity index (χ3v) is 3.22. The Morgan fingerprint density at radius 3 is 2.78 bits per heavy atom. The maximum atomic E-state index is 4.50. The van der Waals surface area contributed by atoms with Gasteiger partial charge in [0, 0.05) is 37.7 Å². The summed E-state index contributed by atoms with van der Waals surface area (Å²) in [6, 6.07) is 0.101. The van der Waals surface area contributed by atoms with Crippen molar-refractivity contribution in [2.75, 3.05) is 7.05 Å². The van der Waals surface area contributed by atoms with E-state index in [0.717, 1.165) is 24.5 Å². The van der Waals surface area contributed by atoms with E-state index in [1.165, 1.54) is 5.56 Å². The van der Waals surface area contributed by atoms with Crippen molar-refractivity contribution < 1.29 is 0 Å². The van der Waals surface area contributed by atoms with Gasteiger partial charge in [0.2, 0.25) is 0 Å². The van der Waals surface area contributed by atoms with Crippen molar-refractivity contribution >= 4 is 0 Å². The second-order valence-corrected chi connectivity index (χ2v) is 4.35. The average molecular weight is 247 g/mol. The van der Waals surface area contributed by atoms with Crippen LogP contribution >= 0.6 is 0 Å². The van der Waals surface area contributed by atoms with Gasteiger partial charge in [0.1, 0.15) is 5.82 Å². The van der Waals surface area contributed by atoms with Crippen LogP contribution in [0.2, 0.25) is 0 Å². The van der Waals surface area contributed by atoms with Crippen LogP contribution in [0.3, 0.4) is 0 Å². The molecule has 0 bridgehead atoms. The second kappa shape index (κ2) is 5.35. The Balaban J connectivity index is 2.44. The van der Waals surface area contributed by atoms with Crippen molar-refractivity contribution in [3.63, 3.8) is 0 Å². The molecule has 0 aliphatic heterocycles. The fourth-order valence-electron chi connectivity index (χ4n) is 2.34. The Morgan fingerprint density at radius 2 is 2.17 bits per heavy atom. The van der Waals surface area contributed by atoms with Crippen LogP contribution in [0, 0.1) is 0 Å². The van der Waals surface area contributed by atoms with Gasteiger partial charge < -0.3 is 9.88 Å². The summed E-state index contributed by atoms with van der Waals surface area (Å²) in [5, 5.41) is 7.85. The first-order valence-corrected chi connectivity index (χ1v) is 6.41. The Bertz CT molecular complexity index is 511. The van der Waals surface area contributed by atoms with Crippen molar-refractivity contribution in [3.8, 4) is 0 Å². The van der Waals surface area contributed by atoms with Crippen molar-refractivity contribution in [3.05, 3.63) is 35.7 Å². The molecule has 0 amide bonds. The highest BCUT2D eigenvalue weighted by Gasteiger charge is 2.21. The van der Waals surface area contributed by atoms with Crippen LogP contribution in [0.15, 0.2) is 18.6 Å². The number of nitrogens with one attached hydrogen (secondary N) is 1. The predicted octanol–water partition coefficient (Wildman–Crippen LogP) is 1.51. The van der Waals surface area contributed by atoms with E-state index in [2.05, 4.69) is 40.0 Å². The SMILES string of the molecule is CCc1nn(C)cc1C(NC)c1nccn1CC. The fraction of sp³-hybridized carbons (Fsp3) is 0.538. The molecule has 1 unspecified atom stereocenters. The molecule has 5 nitrogen and oxygen atoms in total. The van der Waals surface area contributed by atoms with Crippen molar-refractivity contribution in [1.29, 1.82) is 0 Å². The molecule has 1 atom stereocenters. The van der Waals surface area contributed by atoms with E-state index in [-0.39, 0.29) is 6.04 Å². The van der Waals surface area contributed by atoms with Crippen molar-refractivity contribution in [2.24, 2.45) is 7.05 Å². The van der Waals surface area contributed by atoms with Gasteiger partial charge in [-0.25, -0.2) is 4.98 Å². The summed E-state index contributed by atoms with van der Waals surface area (Å²) in [5.74, 6) is 1.04. The lowest BCUT2D eigenvalue weighted by molar-refractivity contribution is 0.586. The molecule has 18 heavy (non-hydrogen) atoms. The first-order chi connectivity index (χ1) is 8.71. The summed E-state index contributed by atoms with van der Waals surface area (Å²) in [6.07, 6.45) is 6.88. The van der Waals surface area contributed by atoms with Crippen LogP contribution in [0.4, 0.5) is 0 Å². The molecule has 5 heteroatoms. The fourth-order valence-corrected chi connectivity index (χ4v) is 2.34. The average Bonchev–Trinajstić information content (AvgIpc) is 2.97. The number of hydrogen-bond donors (Lipinski definition) is 1. The first kappa shape index (κ1) is 12.8. The summed E-state index contributed by atoms with van der Waals surface area (Å²) in [7, 11) is 3.92. The molecule has 2 aromatic rings. The number of imidazole rings is 1. The highest BCUT2D eigenvalue weighted by molar-refractivity contribution is 5.27. The number of hydrogen-bond acceptors (Lipinski definition) is 3. The number of nitrogens with zero attached hydrogens (tertiary/aromatic N) is 4. The van der Waals surface area contributed by atoms with Crippen molar-refractivity contribution in [1.82, 2.24) is 24.6 Å². The molecule has 1 N–H and O–H groups in total. The number of aromatic nitrogens is 4. The molecule has 2 rings (SSSR count). The Hall–Kier alpha value is -1.62. The molecule has 0 fully saturated rings. The van der Waals surface area contributed by atoms with Crippen LogP contribution < -0.4 is 5.32 Å². The number of rotatable bonds is 5. The molecule has 98 valence electrons. The normalized spacial score (nSPS) is 12.9. The minimum absolute atomic E-state index is 0.101. The Labute approximate surface area is 108 Å². The smallest absolute Gasteiger partial charge is 0.130 e. The van der Waals surface area contributed by atoms with Gasteiger partial charge in [-0.05, 0) is 20.4 Å². The van der Waals surface area contributed by atoms with Gasteiger partial charge in [-0.2, -0.15) is 5.10 Å². The predicted molar refractivity (Wildman–Crippen MR) is 71.4 cm³/mol. The van der Waals surface area contributed by atoms with Crippen LogP contribution in [0.5, 0.6) is 0 Å². The minimum atomic E-state index is 0.101. The standard InChI is InChI=1S/C13H21N5/c1-5-11-10(9-17(4)16-11)12(14-3)13-15-7-8-18(13)6-2/h7-9,12,14H,5-6H2,1-4H3. The lowest BCUT2D eigenvalue weighted by atomic mass is 10.1. The summed E-state index contributed by atoms with van der Waals surface area (Å²) in [6.45, 7) is 5.18. The molecule has 0 radical (unpaired) electrons. The third-order valence-electron chi connectivity index (χ3n) is 3.22. The molecule has 0 aromatic carbocycles. The van der Waals surface area contributed by atoms with Crippen LogP contribution in [0.1, 0.15) is 37.0 Å². The molecule has 0 saturated heterocycles. The molecule has 0 spiro atoms. The van der Waals surface area contributed by atoms with Gasteiger partial charge >= 0.3 is 0 Å². The lowest BCUT2D eigenvalue weighted by Crippen LogP contribution is -2.22. The van der Waals surface area contributed by atoms with Gasteiger partial charge in [-0.1, -0.05) is 6.92 Å². The lowest BCUT2D eigenvalue weighted by Gasteiger charge is -2.16. The zero-order valence-electron chi connectivity index (χ0n) is 11.5.